The van der Waals surface area contributed by atoms with Gasteiger partial charge in [-0.3, -0.25) is 14.4 Å². The highest BCUT2D eigenvalue weighted by Crippen LogP contribution is 2.16. The predicted molar refractivity (Wildman–Crippen MR) is 136 cm³/mol. The fourth-order valence-electron chi connectivity index (χ4n) is 3.20. The molecule has 0 unspecified atom stereocenters. The Balaban J connectivity index is 1.51. The van der Waals surface area contributed by atoms with E-state index in [1.54, 1.807) is 54.6 Å². The predicted octanol–water partition coefficient (Wildman–Crippen LogP) is 4.83. The van der Waals surface area contributed by atoms with Crippen LogP contribution in [0.5, 0.6) is 0 Å². The zero-order chi connectivity index (χ0) is 24.7. The molecule has 0 fully saturated rings. The molecule has 0 aliphatic carbocycles. The number of nitrogens with one attached hydrogen (secondary N) is 4. The second-order valence-electron chi connectivity index (χ2n) is 9.09. The molecule has 0 spiro atoms. The van der Waals surface area contributed by atoms with Crippen LogP contribution in [-0.2, 0) is 4.79 Å². The van der Waals surface area contributed by atoms with E-state index in [0.717, 1.165) is 5.56 Å². The average Bonchev–Trinajstić information content (AvgIpc) is 2.78. The molecule has 0 aliphatic rings. The molecule has 0 aromatic heterocycles. The number of anilines is 3. The second kappa shape index (κ2) is 10.7. The minimum Gasteiger partial charge on any atom is -0.376 e. The summed E-state index contributed by atoms with van der Waals surface area (Å²) in [6.07, 6.45) is 0. The maximum absolute atomic E-state index is 12.4. The van der Waals surface area contributed by atoms with Crippen LogP contribution < -0.4 is 21.3 Å². The number of benzene rings is 3. The van der Waals surface area contributed by atoms with Gasteiger partial charge in [-0.1, -0.05) is 23.8 Å². The molecule has 0 heterocycles. The van der Waals surface area contributed by atoms with Crippen molar-refractivity contribution < 1.29 is 14.4 Å². The topological polar surface area (TPSA) is 99.3 Å². The molecule has 3 aromatic carbocycles. The Morgan fingerprint density at radius 1 is 0.706 bits per heavy atom. The lowest BCUT2D eigenvalue weighted by Crippen LogP contribution is -2.40. The first-order chi connectivity index (χ1) is 16.1. The minimum atomic E-state index is -0.334. The van der Waals surface area contributed by atoms with Crippen molar-refractivity contribution in [1.29, 1.82) is 0 Å². The van der Waals surface area contributed by atoms with Crippen LogP contribution >= 0.6 is 0 Å². The van der Waals surface area contributed by atoms with Gasteiger partial charge in [0.1, 0.15) is 0 Å². The van der Waals surface area contributed by atoms with Crippen LogP contribution in [0.2, 0.25) is 0 Å². The van der Waals surface area contributed by atoms with Crippen molar-refractivity contribution in [2.75, 3.05) is 22.5 Å². The van der Waals surface area contributed by atoms with Gasteiger partial charge in [0.2, 0.25) is 5.91 Å². The number of aryl methyl sites for hydroxylation is 1. The molecule has 7 heteroatoms. The van der Waals surface area contributed by atoms with Gasteiger partial charge in [-0.2, -0.15) is 0 Å². The molecule has 0 saturated heterocycles. The van der Waals surface area contributed by atoms with E-state index in [1.807, 2.05) is 45.9 Å². The summed E-state index contributed by atoms with van der Waals surface area (Å²) in [7, 11) is 0. The summed E-state index contributed by atoms with van der Waals surface area (Å²) in [5, 5.41) is 11.6. The Kier molecular flexibility index (Phi) is 7.68. The fourth-order valence-corrected chi connectivity index (χ4v) is 3.20. The van der Waals surface area contributed by atoms with E-state index < -0.39 is 0 Å². The molecule has 176 valence electrons. The molecule has 0 aliphatic heterocycles. The van der Waals surface area contributed by atoms with E-state index in [1.165, 1.54) is 0 Å². The summed E-state index contributed by atoms with van der Waals surface area (Å²) in [5.41, 5.74) is 3.70. The average molecular weight is 459 g/mol. The summed E-state index contributed by atoms with van der Waals surface area (Å²) < 4.78 is 0. The molecular formula is C27H30N4O3. The molecule has 0 radical (unpaired) electrons. The molecule has 0 atom stereocenters. The van der Waals surface area contributed by atoms with Gasteiger partial charge in [0.15, 0.2) is 0 Å². The lowest BCUT2D eigenvalue weighted by atomic mass is 10.1. The van der Waals surface area contributed by atoms with Crippen molar-refractivity contribution in [1.82, 2.24) is 5.32 Å². The summed E-state index contributed by atoms with van der Waals surface area (Å²) in [4.78, 5) is 37.1. The molecular weight excluding hydrogens is 428 g/mol. The van der Waals surface area contributed by atoms with E-state index in [4.69, 9.17) is 0 Å². The first kappa shape index (κ1) is 24.5. The Bertz CT molecular complexity index is 1180. The van der Waals surface area contributed by atoms with E-state index in [-0.39, 0.29) is 29.8 Å². The van der Waals surface area contributed by atoms with Crippen LogP contribution in [-0.4, -0.2) is 29.8 Å². The van der Waals surface area contributed by atoms with Crippen LogP contribution in [0, 0.1) is 6.92 Å². The normalized spacial score (nSPS) is 10.8. The molecule has 34 heavy (non-hydrogen) atoms. The van der Waals surface area contributed by atoms with Gasteiger partial charge in [0.05, 0.1) is 6.54 Å². The number of rotatable bonds is 7. The molecule has 0 saturated carbocycles. The van der Waals surface area contributed by atoms with Crippen LogP contribution in [0.15, 0.2) is 72.8 Å². The summed E-state index contributed by atoms with van der Waals surface area (Å²) in [6, 6.07) is 21.3. The van der Waals surface area contributed by atoms with E-state index in [2.05, 4.69) is 21.3 Å². The minimum absolute atomic E-state index is 0.0379. The lowest BCUT2D eigenvalue weighted by molar-refractivity contribution is -0.114. The Morgan fingerprint density at radius 3 is 1.91 bits per heavy atom. The molecule has 4 N–H and O–H groups in total. The number of carbonyl (C=O) groups is 3. The Morgan fingerprint density at radius 2 is 1.29 bits per heavy atom. The third kappa shape index (κ3) is 7.48. The van der Waals surface area contributed by atoms with Crippen LogP contribution in [0.25, 0.3) is 0 Å². The molecule has 3 rings (SSSR count). The smallest absolute Gasteiger partial charge is 0.255 e. The van der Waals surface area contributed by atoms with E-state index in [0.29, 0.717) is 28.2 Å². The SMILES string of the molecule is Cc1cccc(C(=O)Nc2ccc(NC(=O)CNc3cccc(C(=O)NC(C)(C)C)c3)cc2)c1. The van der Waals surface area contributed by atoms with Crippen molar-refractivity contribution in [2.45, 2.75) is 33.2 Å². The van der Waals surface area contributed by atoms with Crippen LogP contribution in [0.1, 0.15) is 47.1 Å². The first-order valence-corrected chi connectivity index (χ1v) is 11.0. The highest BCUT2D eigenvalue weighted by Gasteiger charge is 2.15. The van der Waals surface area contributed by atoms with Gasteiger partial charge < -0.3 is 21.3 Å². The van der Waals surface area contributed by atoms with E-state index >= 15 is 0 Å². The number of hydrogen-bond acceptors (Lipinski definition) is 4. The Labute approximate surface area is 200 Å². The zero-order valence-electron chi connectivity index (χ0n) is 19.9. The van der Waals surface area contributed by atoms with Crippen molar-refractivity contribution in [3.8, 4) is 0 Å². The van der Waals surface area contributed by atoms with Gasteiger partial charge in [-0.05, 0) is 82.3 Å². The standard InChI is InChI=1S/C27H30N4O3/c1-18-7-5-8-19(15-18)25(33)30-22-13-11-21(12-14-22)29-24(32)17-28-23-10-6-9-20(16-23)26(34)31-27(2,3)4/h5-16,28H,17H2,1-4H3,(H,29,32)(H,30,33)(H,31,34). The van der Waals surface area contributed by atoms with Gasteiger partial charge in [-0.25, -0.2) is 0 Å². The van der Waals surface area contributed by atoms with Crippen molar-refractivity contribution in [3.63, 3.8) is 0 Å². The van der Waals surface area contributed by atoms with Gasteiger partial charge in [0, 0.05) is 33.7 Å². The zero-order valence-corrected chi connectivity index (χ0v) is 19.9. The fraction of sp³-hybridized carbons (Fsp3) is 0.222. The summed E-state index contributed by atoms with van der Waals surface area (Å²) >= 11 is 0. The van der Waals surface area contributed by atoms with Gasteiger partial charge in [-0.15, -0.1) is 0 Å². The maximum atomic E-state index is 12.4. The Hall–Kier alpha value is -4.13. The second-order valence-corrected chi connectivity index (χ2v) is 9.09. The summed E-state index contributed by atoms with van der Waals surface area (Å²) in [5.74, 6) is -0.598. The third-order valence-electron chi connectivity index (χ3n) is 4.77. The molecule has 0 bridgehead atoms. The van der Waals surface area contributed by atoms with E-state index in [9.17, 15) is 14.4 Å². The first-order valence-electron chi connectivity index (χ1n) is 11.0. The number of amides is 3. The molecule has 3 amide bonds. The highest BCUT2D eigenvalue weighted by molar-refractivity contribution is 6.04. The quantitative estimate of drug-likeness (QED) is 0.408. The van der Waals surface area contributed by atoms with Crippen LogP contribution in [0.3, 0.4) is 0 Å². The lowest BCUT2D eigenvalue weighted by Gasteiger charge is -2.20. The summed E-state index contributed by atoms with van der Waals surface area (Å²) in [6.45, 7) is 7.73. The van der Waals surface area contributed by atoms with Gasteiger partial charge >= 0.3 is 0 Å². The monoisotopic (exact) mass is 458 g/mol. The van der Waals surface area contributed by atoms with Crippen molar-refractivity contribution in [2.24, 2.45) is 0 Å². The number of hydrogen-bond donors (Lipinski definition) is 4. The molecule has 3 aromatic rings. The van der Waals surface area contributed by atoms with Gasteiger partial charge in [0.25, 0.3) is 11.8 Å². The number of carbonyl (C=O) groups excluding carboxylic acids is 3. The third-order valence-corrected chi connectivity index (χ3v) is 4.77. The van der Waals surface area contributed by atoms with Crippen molar-refractivity contribution >= 4 is 34.8 Å². The molecule has 7 nitrogen and oxygen atoms in total. The van der Waals surface area contributed by atoms with Crippen LogP contribution in [0.4, 0.5) is 17.1 Å². The van der Waals surface area contributed by atoms with Crippen molar-refractivity contribution in [3.05, 3.63) is 89.5 Å². The highest BCUT2D eigenvalue weighted by atomic mass is 16.2. The maximum Gasteiger partial charge on any atom is 0.255 e. The largest absolute Gasteiger partial charge is 0.376 e.